The van der Waals surface area contributed by atoms with Gasteiger partial charge in [-0.3, -0.25) is 37.3 Å². The van der Waals surface area contributed by atoms with E-state index in [0.29, 0.717) is 25.7 Å². The molecule has 7 atom stereocenters. The highest BCUT2D eigenvalue weighted by atomic mass is 31.2. The van der Waals surface area contributed by atoms with Crippen LogP contribution in [0.1, 0.15) is 389 Å². The lowest BCUT2D eigenvalue weighted by Crippen LogP contribution is -2.30. The Labute approximate surface area is 588 Å². The van der Waals surface area contributed by atoms with Gasteiger partial charge in [0, 0.05) is 25.7 Å². The molecule has 0 aliphatic rings. The first kappa shape index (κ1) is 94.1. The first-order valence-corrected chi connectivity index (χ1v) is 42.8. The zero-order valence-corrected chi connectivity index (χ0v) is 64.8. The smallest absolute Gasteiger partial charge is 0.462 e. The average molecular weight is 1410 g/mol. The molecule has 0 aromatic rings. The summed E-state index contributed by atoms with van der Waals surface area (Å²) >= 11 is 0. The fraction of sp³-hybridized carbons (Fsp3) is 0.948. The van der Waals surface area contributed by atoms with Crippen molar-refractivity contribution >= 4 is 39.5 Å². The van der Waals surface area contributed by atoms with E-state index in [-0.39, 0.29) is 25.7 Å². The van der Waals surface area contributed by atoms with Gasteiger partial charge in [0.15, 0.2) is 12.2 Å². The molecule has 0 heterocycles. The Morgan fingerprint density at radius 2 is 0.500 bits per heavy atom. The molecule has 0 spiro atoms. The van der Waals surface area contributed by atoms with Gasteiger partial charge in [0.1, 0.15) is 19.3 Å². The normalized spacial score (nSPS) is 14.7. The molecule has 0 amide bonds. The Morgan fingerprint density at radius 1 is 0.292 bits per heavy atom. The lowest BCUT2D eigenvalue weighted by molar-refractivity contribution is -0.161. The van der Waals surface area contributed by atoms with Gasteiger partial charge in [-0.15, -0.1) is 0 Å². The fourth-order valence-electron chi connectivity index (χ4n) is 11.7. The lowest BCUT2D eigenvalue weighted by atomic mass is 9.99. The molecule has 570 valence electrons. The van der Waals surface area contributed by atoms with Crippen molar-refractivity contribution in [3.8, 4) is 0 Å². The fourth-order valence-corrected chi connectivity index (χ4v) is 13.2. The van der Waals surface area contributed by atoms with E-state index in [1.807, 2.05) is 0 Å². The number of carbonyl (C=O) groups excluding carboxylic acids is 4. The maximum Gasteiger partial charge on any atom is 0.472 e. The number of hydrogen-bond donors (Lipinski definition) is 3. The number of aliphatic hydroxyl groups is 1. The van der Waals surface area contributed by atoms with E-state index in [1.165, 1.54) is 186 Å². The van der Waals surface area contributed by atoms with Crippen LogP contribution in [0.4, 0.5) is 0 Å². The van der Waals surface area contributed by atoms with Crippen molar-refractivity contribution in [3.05, 3.63) is 0 Å². The number of carbonyl (C=O) groups is 4. The van der Waals surface area contributed by atoms with E-state index in [2.05, 4.69) is 55.4 Å². The second-order valence-corrected chi connectivity index (χ2v) is 32.1. The number of esters is 4. The first-order chi connectivity index (χ1) is 46.2. The summed E-state index contributed by atoms with van der Waals surface area (Å²) in [5.74, 6) is 0.968. The molecular formula is C77H150O17P2. The number of phosphoric ester groups is 2. The van der Waals surface area contributed by atoms with Crippen molar-refractivity contribution in [3.63, 3.8) is 0 Å². The summed E-state index contributed by atoms with van der Waals surface area (Å²) < 4.78 is 68.5. The van der Waals surface area contributed by atoms with E-state index < -0.39 is 97.5 Å². The molecule has 0 aromatic carbocycles. The molecule has 96 heavy (non-hydrogen) atoms. The second-order valence-electron chi connectivity index (χ2n) is 29.2. The molecule has 0 rings (SSSR count). The third-order valence-electron chi connectivity index (χ3n) is 18.5. The summed E-state index contributed by atoms with van der Waals surface area (Å²) in [6, 6.07) is 0. The van der Waals surface area contributed by atoms with Crippen molar-refractivity contribution in [1.82, 2.24) is 0 Å². The van der Waals surface area contributed by atoms with Crippen molar-refractivity contribution in [2.24, 2.45) is 23.7 Å². The Bertz CT molecular complexity index is 1890. The first-order valence-electron chi connectivity index (χ1n) is 39.8. The minimum atomic E-state index is -4.96. The predicted octanol–water partition coefficient (Wildman–Crippen LogP) is 22.4. The van der Waals surface area contributed by atoms with E-state index in [0.717, 1.165) is 120 Å². The van der Waals surface area contributed by atoms with Crippen LogP contribution in [0.15, 0.2) is 0 Å². The van der Waals surface area contributed by atoms with Crippen LogP contribution in [0.25, 0.3) is 0 Å². The van der Waals surface area contributed by atoms with Crippen LogP contribution >= 0.6 is 15.6 Å². The topological polar surface area (TPSA) is 237 Å². The van der Waals surface area contributed by atoms with E-state index in [1.54, 1.807) is 0 Å². The van der Waals surface area contributed by atoms with Gasteiger partial charge in [-0.05, 0) is 49.4 Å². The summed E-state index contributed by atoms with van der Waals surface area (Å²) in [7, 11) is -9.91. The van der Waals surface area contributed by atoms with Crippen LogP contribution < -0.4 is 0 Å². The van der Waals surface area contributed by atoms with Gasteiger partial charge in [0.05, 0.1) is 26.4 Å². The molecule has 0 saturated carbocycles. The minimum Gasteiger partial charge on any atom is -0.462 e. The second kappa shape index (κ2) is 66.3. The zero-order chi connectivity index (χ0) is 71.0. The summed E-state index contributed by atoms with van der Waals surface area (Å²) in [6.07, 6.45) is 51.3. The largest absolute Gasteiger partial charge is 0.472 e. The quantitative estimate of drug-likeness (QED) is 0.0222. The molecule has 0 saturated heterocycles. The zero-order valence-electron chi connectivity index (χ0n) is 63.0. The van der Waals surface area contributed by atoms with Gasteiger partial charge in [-0.2, -0.15) is 0 Å². The number of aliphatic hydroxyl groups excluding tert-OH is 1. The van der Waals surface area contributed by atoms with Crippen LogP contribution in [-0.2, 0) is 65.4 Å². The Kier molecular flexibility index (Phi) is 65.0. The van der Waals surface area contributed by atoms with E-state index in [9.17, 15) is 43.2 Å². The maximum atomic E-state index is 13.1. The summed E-state index contributed by atoms with van der Waals surface area (Å²) in [6.45, 7) is 14.2. The molecule has 0 fully saturated rings. The average Bonchev–Trinajstić information content (AvgIpc) is 1.11. The van der Waals surface area contributed by atoms with Gasteiger partial charge in [-0.25, -0.2) is 9.13 Å². The molecule has 0 aromatic heterocycles. The molecule has 0 aliphatic heterocycles. The van der Waals surface area contributed by atoms with Crippen LogP contribution in [0, 0.1) is 23.7 Å². The SMILES string of the molecule is CCC(C)CCCCCCCCCCC(=O)O[C@H](COC(=O)CCCCCCCCCCCCCCCCCCC(C)C)COP(=O)(O)OC[C@@H](O)COP(=O)(O)OC[C@@H](COC(=O)CCCCCCCCC(C)CC)OC(=O)CCCCCCCCCCCCCCC(C)C. The summed E-state index contributed by atoms with van der Waals surface area (Å²) in [4.78, 5) is 72.8. The molecule has 0 aliphatic carbocycles. The van der Waals surface area contributed by atoms with Gasteiger partial charge >= 0.3 is 39.5 Å². The van der Waals surface area contributed by atoms with Gasteiger partial charge < -0.3 is 33.8 Å². The standard InChI is InChI=1S/C77H150O17P2/c1-9-69(7)55-47-39-31-27-28-34-44-52-60-77(82)94-72(63-87-74(79)57-49-41-32-25-21-16-14-12-11-13-15-19-23-29-37-45-53-67(3)4)65-91-95(83,84)89-61-71(78)62-90-96(85,86)92-66-73(64-88-75(80)58-50-42-36-35-40-48-56-70(8)10-2)93-76(81)59-51-43-33-26-22-18-17-20-24-30-38-46-54-68(5)6/h67-73,78H,9-66H2,1-8H3,(H,83,84)(H,85,86)/t69?,70?,71-,72-,73-/m1/s1. The maximum absolute atomic E-state index is 13.1. The molecule has 17 nitrogen and oxygen atoms in total. The Hall–Kier alpha value is -1.94. The lowest BCUT2D eigenvalue weighted by Gasteiger charge is -2.21. The van der Waals surface area contributed by atoms with E-state index in [4.69, 9.17) is 37.0 Å². The number of hydrogen-bond acceptors (Lipinski definition) is 15. The molecule has 0 radical (unpaired) electrons. The molecule has 0 bridgehead atoms. The number of phosphoric acid groups is 2. The number of unbranched alkanes of at least 4 members (excludes halogenated alkanes) is 38. The van der Waals surface area contributed by atoms with Crippen LogP contribution in [0.2, 0.25) is 0 Å². The molecular weight excluding hydrogens is 1260 g/mol. The molecule has 19 heteroatoms. The monoisotopic (exact) mass is 1410 g/mol. The predicted molar refractivity (Wildman–Crippen MR) is 391 cm³/mol. The van der Waals surface area contributed by atoms with E-state index >= 15 is 0 Å². The number of ether oxygens (including phenoxy) is 4. The third-order valence-corrected chi connectivity index (χ3v) is 20.4. The third kappa shape index (κ3) is 67.9. The number of rotatable bonds is 74. The molecule has 3 N–H and O–H groups in total. The highest BCUT2D eigenvalue weighted by Crippen LogP contribution is 2.45. The van der Waals surface area contributed by atoms with Crippen LogP contribution in [0.3, 0.4) is 0 Å². The van der Waals surface area contributed by atoms with Gasteiger partial charge in [0.2, 0.25) is 0 Å². The molecule has 4 unspecified atom stereocenters. The minimum absolute atomic E-state index is 0.105. The van der Waals surface area contributed by atoms with Crippen LogP contribution in [-0.4, -0.2) is 96.7 Å². The highest BCUT2D eigenvalue weighted by molar-refractivity contribution is 7.47. The van der Waals surface area contributed by atoms with Gasteiger partial charge in [0.25, 0.3) is 0 Å². The van der Waals surface area contributed by atoms with Crippen molar-refractivity contribution in [2.45, 2.75) is 408 Å². The van der Waals surface area contributed by atoms with Crippen molar-refractivity contribution < 1.29 is 80.2 Å². The Balaban J connectivity index is 5.22. The van der Waals surface area contributed by atoms with Crippen molar-refractivity contribution in [1.29, 1.82) is 0 Å². The Morgan fingerprint density at radius 3 is 0.740 bits per heavy atom. The summed E-state index contributed by atoms with van der Waals surface area (Å²) in [5.41, 5.74) is 0. The summed E-state index contributed by atoms with van der Waals surface area (Å²) in [5, 5.41) is 10.6. The van der Waals surface area contributed by atoms with Crippen molar-refractivity contribution in [2.75, 3.05) is 39.6 Å². The van der Waals surface area contributed by atoms with Crippen LogP contribution in [0.5, 0.6) is 0 Å². The highest BCUT2D eigenvalue weighted by Gasteiger charge is 2.30. The van der Waals surface area contributed by atoms with Gasteiger partial charge in [-0.1, -0.05) is 338 Å².